The van der Waals surface area contributed by atoms with Gasteiger partial charge in [0.25, 0.3) is 0 Å². The van der Waals surface area contributed by atoms with Crippen molar-refractivity contribution in [3.63, 3.8) is 0 Å². The second kappa shape index (κ2) is 12.3. The number of aliphatic hydroxyl groups excluding tert-OH is 5. The maximum Gasteiger partial charge on any atom is 0.239 e. The third-order valence-corrected chi connectivity index (χ3v) is 7.45. The van der Waals surface area contributed by atoms with E-state index in [1.54, 1.807) is 0 Å². The molecular weight excluding hydrogens is 592 g/mol. The Morgan fingerprint density at radius 3 is 2.07 bits per heavy atom. The SMILES string of the molecule is COc1cc(-c2oc3cc(O)cc(O)c3c(=O)c2O[C@@H]2O[C@H](CO[C@@H]3O[C@H](C)[C@H](O)[C@@H](O)[C@@H]3O)[C@H](O)[C@@H]2O)cc(OC)c1O. The molecule has 16 nitrogen and oxygen atoms in total. The van der Waals surface area contributed by atoms with Gasteiger partial charge in [-0.1, -0.05) is 0 Å². The molecule has 3 aromatic rings. The number of ether oxygens (including phenoxy) is 6. The van der Waals surface area contributed by atoms with Crippen molar-refractivity contribution in [1.82, 2.24) is 0 Å². The van der Waals surface area contributed by atoms with Gasteiger partial charge in [-0.3, -0.25) is 4.79 Å². The van der Waals surface area contributed by atoms with Crippen molar-refractivity contribution >= 4 is 11.0 Å². The lowest BCUT2D eigenvalue weighted by molar-refractivity contribution is -0.299. The van der Waals surface area contributed by atoms with Gasteiger partial charge in [0.1, 0.15) is 59.1 Å². The Labute approximate surface area is 248 Å². The molecule has 16 heteroatoms. The van der Waals surface area contributed by atoms with Crippen LogP contribution in [0.15, 0.2) is 33.5 Å². The Kier molecular flexibility index (Phi) is 8.79. The number of rotatable bonds is 8. The quantitative estimate of drug-likeness (QED) is 0.154. The lowest BCUT2D eigenvalue weighted by Crippen LogP contribution is -2.57. The van der Waals surface area contributed by atoms with Crippen LogP contribution in [0.1, 0.15) is 6.92 Å². The van der Waals surface area contributed by atoms with Crippen molar-refractivity contribution in [2.75, 3.05) is 20.8 Å². The van der Waals surface area contributed by atoms with Gasteiger partial charge in [0.15, 0.2) is 23.5 Å². The standard InChI is InChI=1S/C28H32O16/c1-9-18(31)22(35)24(37)27(41-9)40-8-16-20(33)23(36)28(43-16)44-26-21(34)17-12(30)6-11(29)7-13(17)42-25(26)10-4-14(38-2)19(32)15(5-10)39-3/h4-7,9,16,18,20,22-24,27-33,35-37H,8H2,1-3H3/t9-,16-,18+,20+,22-,23+,24+,27-,28+/m1/s1. The number of hydrogen-bond donors (Lipinski definition) is 8. The highest BCUT2D eigenvalue weighted by Crippen LogP contribution is 2.44. The molecule has 2 saturated heterocycles. The molecule has 44 heavy (non-hydrogen) atoms. The van der Waals surface area contributed by atoms with Gasteiger partial charge in [-0.05, 0) is 19.1 Å². The van der Waals surface area contributed by atoms with Crippen LogP contribution in [0.25, 0.3) is 22.3 Å². The molecule has 0 aliphatic carbocycles. The molecule has 2 fully saturated rings. The summed E-state index contributed by atoms with van der Waals surface area (Å²) in [5.74, 6) is -2.46. The van der Waals surface area contributed by atoms with Crippen LogP contribution in [0.3, 0.4) is 0 Å². The first-order chi connectivity index (χ1) is 20.9. The van der Waals surface area contributed by atoms with Gasteiger partial charge in [-0.15, -0.1) is 0 Å². The Balaban J connectivity index is 1.49. The van der Waals surface area contributed by atoms with E-state index in [2.05, 4.69) is 0 Å². The number of phenols is 3. The monoisotopic (exact) mass is 624 g/mol. The molecular formula is C28H32O16. The molecule has 2 aliphatic rings. The van der Waals surface area contributed by atoms with E-state index in [0.29, 0.717) is 0 Å². The fraction of sp³-hybridized carbons (Fsp3) is 0.464. The van der Waals surface area contributed by atoms with Crippen molar-refractivity contribution in [3.05, 3.63) is 34.5 Å². The highest BCUT2D eigenvalue weighted by atomic mass is 16.7. The predicted molar refractivity (Wildman–Crippen MR) is 146 cm³/mol. The van der Waals surface area contributed by atoms with Crippen LogP contribution in [0.4, 0.5) is 0 Å². The summed E-state index contributed by atoms with van der Waals surface area (Å²) in [5.41, 5.74) is -1.12. The minimum atomic E-state index is -1.76. The van der Waals surface area contributed by atoms with Gasteiger partial charge < -0.3 is 73.7 Å². The second-order valence-electron chi connectivity index (χ2n) is 10.3. The zero-order valence-electron chi connectivity index (χ0n) is 23.6. The van der Waals surface area contributed by atoms with E-state index in [1.165, 1.54) is 33.3 Å². The first kappa shape index (κ1) is 31.6. The average molecular weight is 625 g/mol. The molecule has 0 bridgehead atoms. The lowest BCUT2D eigenvalue weighted by Gasteiger charge is -2.39. The molecule has 0 spiro atoms. The molecule has 240 valence electrons. The number of aromatic hydroxyl groups is 3. The van der Waals surface area contributed by atoms with Gasteiger partial charge in [-0.25, -0.2) is 0 Å². The smallest absolute Gasteiger partial charge is 0.239 e. The molecule has 2 aliphatic heterocycles. The maximum atomic E-state index is 13.7. The topological polar surface area (TPSA) is 247 Å². The number of benzene rings is 2. The molecule has 9 atom stereocenters. The molecule has 5 rings (SSSR count). The van der Waals surface area contributed by atoms with Crippen LogP contribution in [-0.2, 0) is 14.2 Å². The van der Waals surface area contributed by atoms with Crippen molar-refractivity contribution in [1.29, 1.82) is 0 Å². The van der Waals surface area contributed by atoms with Gasteiger partial charge in [0.2, 0.25) is 23.2 Å². The predicted octanol–water partition coefficient (Wildman–Crippen LogP) is -0.736. The average Bonchev–Trinajstić information content (AvgIpc) is 3.25. The van der Waals surface area contributed by atoms with Crippen LogP contribution in [0.2, 0.25) is 0 Å². The fourth-order valence-electron chi connectivity index (χ4n) is 5.00. The van der Waals surface area contributed by atoms with Crippen LogP contribution in [0.5, 0.6) is 34.5 Å². The number of aliphatic hydroxyl groups is 5. The summed E-state index contributed by atoms with van der Waals surface area (Å²) in [4.78, 5) is 13.7. The molecule has 0 unspecified atom stereocenters. The molecule has 0 radical (unpaired) electrons. The van der Waals surface area contributed by atoms with E-state index in [0.717, 1.165) is 12.1 Å². The van der Waals surface area contributed by atoms with Crippen molar-refractivity contribution < 1.29 is 73.7 Å². The van der Waals surface area contributed by atoms with E-state index < -0.39 is 84.6 Å². The highest BCUT2D eigenvalue weighted by molar-refractivity contribution is 5.88. The van der Waals surface area contributed by atoms with Crippen molar-refractivity contribution in [2.24, 2.45) is 0 Å². The van der Waals surface area contributed by atoms with E-state index in [-0.39, 0.29) is 39.5 Å². The van der Waals surface area contributed by atoms with Crippen LogP contribution < -0.4 is 19.6 Å². The molecule has 1 aromatic heterocycles. The molecule has 2 aromatic carbocycles. The molecule has 0 amide bonds. The van der Waals surface area contributed by atoms with E-state index in [9.17, 15) is 45.6 Å². The van der Waals surface area contributed by atoms with Gasteiger partial charge >= 0.3 is 0 Å². The van der Waals surface area contributed by atoms with E-state index >= 15 is 0 Å². The molecule has 0 saturated carbocycles. The third kappa shape index (κ3) is 5.57. The van der Waals surface area contributed by atoms with Crippen LogP contribution in [-0.4, -0.2) is 117 Å². The zero-order chi connectivity index (χ0) is 32.0. The van der Waals surface area contributed by atoms with Crippen molar-refractivity contribution in [2.45, 2.75) is 62.2 Å². The van der Waals surface area contributed by atoms with Gasteiger partial charge in [-0.2, -0.15) is 0 Å². The van der Waals surface area contributed by atoms with Crippen molar-refractivity contribution in [3.8, 4) is 45.8 Å². The summed E-state index contributed by atoms with van der Waals surface area (Å²) in [7, 11) is 2.55. The lowest BCUT2D eigenvalue weighted by atomic mass is 10.00. The first-order valence-electron chi connectivity index (χ1n) is 13.3. The van der Waals surface area contributed by atoms with Crippen LogP contribution >= 0.6 is 0 Å². The van der Waals surface area contributed by atoms with Gasteiger partial charge in [0, 0.05) is 17.7 Å². The van der Waals surface area contributed by atoms with Gasteiger partial charge in [0.05, 0.1) is 26.9 Å². The van der Waals surface area contributed by atoms with E-state index in [1.807, 2.05) is 0 Å². The second-order valence-corrected chi connectivity index (χ2v) is 10.3. The summed E-state index contributed by atoms with van der Waals surface area (Å²) in [6, 6.07) is 4.56. The largest absolute Gasteiger partial charge is 0.508 e. The fourth-order valence-corrected chi connectivity index (χ4v) is 5.00. The van der Waals surface area contributed by atoms with Crippen LogP contribution in [0, 0.1) is 0 Å². The summed E-state index contributed by atoms with van der Waals surface area (Å²) in [6.07, 6.45) is -13.3. The number of hydrogen-bond acceptors (Lipinski definition) is 16. The first-order valence-corrected chi connectivity index (χ1v) is 13.3. The minimum absolute atomic E-state index is 0.0690. The zero-order valence-corrected chi connectivity index (χ0v) is 23.6. The minimum Gasteiger partial charge on any atom is -0.508 e. The number of phenolic OH excluding ortho intramolecular Hbond substituents is 3. The Bertz CT molecular complexity index is 1550. The molecule has 8 N–H and O–H groups in total. The Morgan fingerprint density at radius 2 is 1.43 bits per heavy atom. The highest BCUT2D eigenvalue weighted by Gasteiger charge is 2.47. The normalized spacial score (nSPS) is 30.4. The molecule has 3 heterocycles. The summed E-state index contributed by atoms with van der Waals surface area (Å²) < 4.78 is 38.5. The maximum absolute atomic E-state index is 13.7. The third-order valence-electron chi connectivity index (χ3n) is 7.45. The summed E-state index contributed by atoms with van der Waals surface area (Å²) in [6.45, 7) is 0.969. The summed E-state index contributed by atoms with van der Waals surface area (Å²) >= 11 is 0. The number of fused-ring (bicyclic) bond motifs is 1. The van der Waals surface area contributed by atoms with E-state index in [4.69, 9.17) is 32.8 Å². The Hall–Kier alpha value is -3.87. The summed E-state index contributed by atoms with van der Waals surface area (Å²) in [5, 5.41) is 81.9. The number of methoxy groups -OCH3 is 2. The Morgan fingerprint density at radius 1 is 0.795 bits per heavy atom.